The van der Waals surface area contributed by atoms with E-state index in [1.54, 1.807) is 35.2 Å². The maximum Gasteiger partial charge on any atom is 0.337 e. The van der Waals surface area contributed by atoms with Crippen LogP contribution in [0.15, 0.2) is 48.5 Å². The molecule has 1 unspecified atom stereocenters. The average molecular weight is 382 g/mol. The lowest BCUT2D eigenvalue weighted by molar-refractivity contribution is -0.126. The number of carbonyl (C=O) groups excluding carboxylic acids is 3. The monoisotopic (exact) mass is 382 g/mol. The SMILES string of the molecule is CCC1Oc2ccccc2N(CCC(=O)Nc2cccc(C(=O)OC)c2)C1=O. The summed E-state index contributed by atoms with van der Waals surface area (Å²) in [6.45, 7) is 2.12. The molecule has 0 bridgehead atoms. The lowest BCUT2D eigenvalue weighted by atomic mass is 10.1. The van der Waals surface area contributed by atoms with Gasteiger partial charge in [0.2, 0.25) is 5.91 Å². The van der Waals surface area contributed by atoms with Gasteiger partial charge in [-0.2, -0.15) is 0 Å². The second kappa shape index (κ2) is 8.56. The first-order chi connectivity index (χ1) is 13.5. The molecule has 1 aliphatic heterocycles. The summed E-state index contributed by atoms with van der Waals surface area (Å²) < 4.78 is 10.4. The van der Waals surface area contributed by atoms with Crippen LogP contribution in [0.4, 0.5) is 11.4 Å². The first kappa shape index (κ1) is 19.4. The second-order valence-corrected chi connectivity index (χ2v) is 6.34. The number of amides is 2. The summed E-state index contributed by atoms with van der Waals surface area (Å²) >= 11 is 0. The van der Waals surface area contributed by atoms with Crippen molar-refractivity contribution in [2.24, 2.45) is 0 Å². The van der Waals surface area contributed by atoms with Crippen LogP contribution in [0.5, 0.6) is 5.75 Å². The number of esters is 1. The molecule has 1 N–H and O–H groups in total. The average Bonchev–Trinajstić information content (AvgIpc) is 2.72. The van der Waals surface area contributed by atoms with E-state index >= 15 is 0 Å². The molecule has 1 aliphatic rings. The summed E-state index contributed by atoms with van der Waals surface area (Å²) in [7, 11) is 1.30. The number of nitrogens with zero attached hydrogens (tertiary/aromatic N) is 1. The maximum absolute atomic E-state index is 12.7. The van der Waals surface area contributed by atoms with Crippen LogP contribution in [0.2, 0.25) is 0 Å². The Bertz CT molecular complexity index is 896. The lowest BCUT2D eigenvalue weighted by Gasteiger charge is -2.33. The molecule has 3 rings (SSSR count). The van der Waals surface area contributed by atoms with Gasteiger partial charge in [0.05, 0.1) is 18.4 Å². The van der Waals surface area contributed by atoms with E-state index in [-0.39, 0.29) is 24.8 Å². The maximum atomic E-state index is 12.7. The number of para-hydroxylation sites is 2. The van der Waals surface area contributed by atoms with Crippen LogP contribution in [0.1, 0.15) is 30.1 Å². The molecule has 0 radical (unpaired) electrons. The third-order valence-electron chi connectivity index (χ3n) is 4.47. The van der Waals surface area contributed by atoms with E-state index in [0.717, 1.165) is 0 Å². The molecule has 146 valence electrons. The first-order valence-corrected chi connectivity index (χ1v) is 9.08. The van der Waals surface area contributed by atoms with Crippen molar-refractivity contribution in [3.05, 3.63) is 54.1 Å². The van der Waals surface area contributed by atoms with E-state index < -0.39 is 12.1 Å². The van der Waals surface area contributed by atoms with Crippen LogP contribution in [0, 0.1) is 0 Å². The van der Waals surface area contributed by atoms with Crippen molar-refractivity contribution in [2.45, 2.75) is 25.9 Å². The Kier molecular flexibility index (Phi) is 5.93. The fourth-order valence-electron chi connectivity index (χ4n) is 3.04. The van der Waals surface area contributed by atoms with Crippen LogP contribution >= 0.6 is 0 Å². The topological polar surface area (TPSA) is 84.9 Å². The molecule has 2 aromatic carbocycles. The van der Waals surface area contributed by atoms with Crippen molar-refractivity contribution in [3.63, 3.8) is 0 Å². The summed E-state index contributed by atoms with van der Waals surface area (Å²) in [5.41, 5.74) is 1.51. The van der Waals surface area contributed by atoms with Crippen LogP contribution in [0.3, 0.4) is 0 Å². The van der Waals surface area contributed by atoms with Gasteiger partial charge in [0, 0.05) is 18.7 Å². The zero-order chi connectivity index (χ0) is 20.1. The predicted molar refractivity (Wildman–Crippen MR) is 105 cm³/mol. The number of nitrogens with one attached hydrogen (secondary N) is 1. The lowest BCUT2D eigenvalue weighted by Crippen LogP contribution is -2.46. The molecule has 0 aliphatic carbocycles. The highest BCUT2D eigenvalue weighted by Crippen LogP contribution is 2.34. The molecule has 7 heteroatoms. The molecule has 2 aromatic rings. The minimum absolute atomic E-state index is 0.110. The molecule has 28 heavy (non-hydrogen) atoms. The van der Waals surface area contributed by atoms with E-state index in [4.69, 9.17) is 4.74 Å². The van der Waals surface area contributed by atoms with Gasteiger partial charge in [0.25, 0.3) is 5.91 Å². The van der Waals surface area contributed by atoms with Gasteiger partial charge in [-0.1, -0.05) is 25.1 Å². The van der Waals surface area contributed by atoms with Gasteiger partial charge in [0.15, 0.2) is 6.10 Å². The molecule has 7 nitrogen and oxygen atoms in total. The molecule has 0 saturated heterocycles. The van der Waals surface area contributed by atoms with E-state index in [2.05, 4.69) is 10.1 Å². The Balaban J connectivity index is 1.67. The van der Waals surface area contributed by atoms with Gasteiger partial charge in [0.1, 0.15) is 5.75 Å². The zero-order valence-electron chi connectivity index (χ0n) is 15.8. The summed E-state index contributed by atoms with van der Waals surface area (Å²) in [4.78, 5) is 38.2. The number of methoxy groups -OCH3 is 1. The third kappa shape index (κ3) is 4.14. The quantitative estimate of drug-likeness (QED) is 0.777. The van der Waals surface area contributed by atoms with Crippen molar-refractivity contribution in [3.8, 4) is 5.75 Å². The van der Waals surface area contributed by atoms with Crippen LogP contribution in [-0.4, -0.2) is 37.5 Å². The fraction of sp³-hybridized carbons (Fsp3) is 0.286. The molecule has 1 heterocycles. The van der Waals surface area contributed by atoms with E-state index in [9.17, 15) is 14.4 Å². The molecule has 0 spiro atoms. The number of fused-ring (bicyclic) bond motifs is 1. The number of rotatable bonds is 6. The van der Waals surface area contributed by atoms with E-state index in [0.29, 0.717) is 29.1 Å². The highest BCUT2D eigenvalue weighted by molar-refractivity contribution is 6.01. The van der Waals surface area contributed by atoms with Crippen molar-refractivity contribution in [1.29, 1.82) is 0 Å². The fourth-order valence-corrected chi connectivity index (χ4v) is 3.04. The molecule has 0 fully saturated rings. The first-order valence-electron chi connectivity index (χ1n) is 9.08. The van der Waals surface area contributed by atoms with E-state index in [1.807, 2.05) is 25.1 Å². The smallest absolute Gasteiger partial charge is 0.337 e. The normalized spacial score (nSPS) is 15.4. The summed E-state index contributed by atoms with van der Waals surface area (Å²) in [5, 5.41) is 2.75. The van der Waals surface area contributed by atoms with Gasteiger partial charge in [-0.15, -0.1) is 0 Å². The standard InChI is InChI=1S/C21H22N2O5/c1-3-17-20(25)23(16-9-4-5-10-18(16)28-17)12-11-19(24)22-15-8-6-7-14(13-15)21(26)27-2/h4-10,13,17H,3,11-12H2,1-2H3,(H,22,24). The minimum atomic E-state index is -0.547. The Morgan fingerprint density at radius 1 is 1.18 bits per heavy atom. The molecular formula is C21H22N2O5. The number of benzene rings is 2. The van der Waals surface area contributed by atoms with Gasteiger partial charge in [-0.05, 0) is 36.8 Å². The summed E-state index contributed by atoms with van der Waals surface area (Å²) in [6.07, 6.45) is 0.115. The summed E-state index contributed by atoms with van der Waals surface area (Å²) in [5.74, 6) is -0.245. The highest BCUT2D eigenvalue weighted by Gasteiger charge is 2.33. The predicted octanol–water partition coefficient (Wildman–Crippen LogP) is 3.01. The van der Waals surface area contributed by atoms with Crippen molar-refractivity contribution in [2.75, 3.05) is 23.9 Å². The number of hydrogen-bond donors (Lipinski definition) is 1. The summed E-state index contributed by atoms with van der Waals surface area (Å²) in [6, 6.07) is 13.8. The van der Waals surface area contributed by atoms with Crippen LogP contribution < -0.4 is 15.0 Å². The van der Waals surface area contributed by atoms with Crippen LogP contribution in [-0.2, 0) is 14.3 Å². The Labute approximate surface area is 163 Å². The number of anilines is 2. The van der Waals surface area contributed by atoms with Gasteiger partial charge in [-0.25, -0.2) is 4.79 Å². The zero-order valence-corrected chi connectivity index (χ0v) is 15.8. The molecule has 0 aromatic heterocycles. The van der Waals surface area contributed by atoms with Gasteiger partial charge >= 0.3 is 5.97 Å². The number of ether oxygens (including phenoxy) is 2. The Morgan fingerprint density at radius 2 is 1.96 bits per heavy atom. The van der Waals surface area contributed by atoms with Crippen molar-refractivity contribution >= 4 is 29.2 Å². The van der Waals surface area contributed by atoms with Crippen molar-refractivity contribution in [1.82, 2.24) is 0 Å². The molecule has 0 saturated carbocycles. The number of carbonyl (C=O) groups is 3. The van der Waals surface area contributed by atoms with E-state index in [1.165, 1.54) is 7.11 Å². The van der Waals surface area contributed by atoms with Crippen molar-refractivity contribution < 1.29 is 23.9 Å². The van der Waals surface area contributed by atoms with Crippen LogP contribution in [0.25, 0.3) is 0 Å². The largest absolute Gasteiger partial charge is 0.478 e. The Hall–Kier alpha value is -3.35. The number of hydrogen-bond acceptors (Lipinski definition) is 5. The second-order valence-electron chi connectivity index (χ2n) is 6.34. The van der Waals surface area contributed by atoms with Gasteiger partial charge in [-0.3, -0.25) is 9.59 Å². The third-order valence-corrected chi connectivity index (χ3v) is 4.47. The minimum Gasteiger partial charge on any atom is -0.478 e. The molecule has 2 amide bonds. The molecular weight excluding hydrogens is 360 g/mol. The Morgan fingerprint density at radius 3 is 2.71 bits per heavy atom. The molecule has 1 atom stereocenters. The van der Waals surface area contributed by atoms with Gasteiger partial charge < -0.3 is 19.7 Å². The highest BCUT2D eigenvalue weighted by atomic mass is 16.5.